The summed E-state index contributed by atoms with van der Waals surface area (Å²) < 4.78 is 18.3. The molecule has 1 aliphatic heterocycles. The second-order valence-electron chi connectivity index (χ2n) is 11.0. The Bertz CT molecular complexity index is 1100. The van der Waals surface area contributed by atoms with Gasteiger partial charge in [0.2, 0.25) is 11.8 Å². The monoisotopic (exact) mass is 684 g/mol. The van der Waals surface area contributed by atoms with Crippen LogP contribution >= 0.6 is 22.6 Å². The van der Waals surface area contributed by atoms with Gasteiger partial charge in [-0.1, -0.05) is 25.7 Å². The van der Waals surface area contributed by atoms with Crippen LogP contribution in [0.15, 0.2) is 23.8 Å². The van der Waals surface area contributed by atoms with Crippen LogP contribution in [0.4, 0.5) is 0 Å². The number of amides is 2. The predicted molar refractivity (Wildman–Crippen MR) is 160 cm³/mol. The zero-order chi connectivity index (χ0) is 29.4. The van der Waals surface area contributed by atoms with Crippen molar-refractivity contribution in [3.63, 3.8) is 0 Å². The van der Waals surface area contributed by atoms with E-state index in [0.29, 0.717) is 58.0 Å². The first-order valence-corrected chi connectivity index (χ1v) is 15.6. The molecule has 1 saturated carbocycles. The number of halogens is 1. The minimum Gasteiger partial charge on any atom is -0.493 e. The van der Waals surface area contributed by atoms with Crippen LogP contribution in [-0.4, -0.2) is 91.0 Å². The van der Waals surface area contributed by atoms with Gasteiger partial charge in [0.05, 0.1) is 29.4 Å². The smallest absolute Gasteiger partial charge is 0.247 e. The molecule has 4 unspecified atom stereocenters. The molecule has 10 nitrogen and oxygen atoms in total. The fourth-order valence-corrected chi connectivity index (χ4v) is 6.79. The molecule has 0 spiro atoms. The molecule has 0 aromatic heterocycles. The highest BCUT2D eigenvalue weighted by atomic mass is 127. The Morgan fingerprint density at radius 1 is 1.22 bits per heavy atom. The van der Waals surface area contributed by atoms with E-state index in [2.05, 4.69) is 5.32 Å². The number of nitrogens with zero attached hydrogens (tertiary/aromatic N) is 1. The second kappa shape index (κ2) is 15.3. The Balaban J connectivity index is 1.64. The van der Waals surface area contributed by atoms with Crippen LogP contribution in [0, 0.1) is 9.49 Å². The van der Waals surface area contributed by atoms with Crippen molar-refractivity contribution in [2.45, 2.75) is 82.1 Å². The third-order valence-electron chi connectivity index (χ3n) is 8.24. The average molecular weight is 685 g/mol. The molecule has 2 fully saturated rings. The number of ether oxygens (including phenoxy) is 3. The number of aliphatic hydroxyl groups excluding tert-OH is 2. The standard InChI is InChI=1S/C30H41IN2O8/c1-39-26-14-20(18-35)13-23(31)29(26)41-25-16-21(30(38)32-10-11-34)15-24(28(25)37)33(17-22-7-4-12-40-22)27(36)9-8-19-5-2-3-6-19/h13-14,16,18-19,22,24-25,28,34,37H,2-12,15,17H2,1H3,(H,32,38). The van der Waals surface area contributed by atoms with Gasteiger partial charge in [-0.25, -0.2) is 0 Å². The van der Waals surface area contributed by atoms with Crippen molar-refractivity contribution in [1.29, 1.82) is 0 Å². The van der Waals surface area contributed by atoms with E-state index >= 15 is 0 Å². The first-order chi connectivity index (χ1) is 19.8. The molecular formula is C30H41IN2O8. The summed E-state index contributed by atoms with van der Waals surface area (Å²) in [4.78, 5) is 40.0. The molecule has 2 amide bonds. The molecule has 4 rings (SSSR count). The summed E-state index contributed by atoms with van der Waals surface area (Å²) in [6.45, 7) is 0.831. The van der Waals surface area contributed by atoms with Gasteiger partial charge in [0.25, 0.3) is 0 Å². The number of methoxy groups -OCH3 is 1. The second-order valence-corrected chi connectivity index (χ2v) is 12.2. The lowest BCUT2D eigenvalue weighted by molar-refractivity contribution is -0.141. The lowest BCUT2D eigenvalue weighted by Gasteiger charge is -2.41. The molecule has 1 heterocycles. The maximum Gasteiger partial charge on any atom is 0.247 e. The van der Waals surface area contributed by atoms with Gasteiger partial charge >= 0.3 is 0 Å². The summed E-state index contributed by atoms with van der Waals surface area (Å²) in [5.41, 5.74) is 0.772. The van der Waals surface area contributed by atoms with Crippen molar-refractivity contribution < 1.29 is 38.8 Å². The molecule has 3 aliphatic rings. The lowest BCUT2D eigenvalue weighted by atomic mass is 9.87. The highest BCUT2D eigenvalue weighted by Gasteiger charge is 2.42. The van der Waals surface area contributed by atoms with Crippen LogP contribution in [0.3, 0.4) is 0 Å². The minimum atomic E-state index is -1.15. The number of hydrogen-bond acceptors (Lipinski definition) is 8. The first-order valence-electron chi connectivity index (χ1n) is 14.5. The number of aldehydes is 1. The van der Waals surface area contributed by atoms with Crippen LogP contribution in [0.25, 0.3) is 0 Å². The van der Waals surface area contributed by atoms with Crippen molar-refractivity contribution in [2.24, 2.45) is 5.92 Å². The molecule has 0 radical (unpaired) electrons. The Hall–Kier alpha value is -2.22. The molecule has 11 heteroatoms. The van der Waals surface area contributed by atoms with Gasteiger partial charge in [-0.05, 0) is 66.0 Å². The average Bonchev–Trinajstić information content (AvgIpc) is 3.70. The number of rotatable bonds is 13. The zero-order valence-electron chi connectivity index (χ0n) is 23.6. The van der Waals surface area contributed by atoms with E-state index in [0.717, 1.165) is 32.1 Å². The van der Waals surface area contributed by atoms with Gasteiger partial charge in [-0.3, -0.25) is 14.4 Å². The molecular weight excluding hydrogens is 643 g/mol. The van der Waals surface area contributed by atoms with E-state index in [4.69, 9.17) is 14.2 Å². The van der Waals surface area contributed by atoms with E-state index in [-0.39, 0.29) is 31.6 Å². The first kappa shape index (κ1) is 31.7. The van der Waals surface area contributed by atoms with E-state index in [9.17, 15) is 24.6 Å². The third-order valence-corrected chi connectivity index (χ3v) is 9.04. The summed E-state index contributed by atoms with van der Waals surface area (Å²) in [6.07, 6.45) is 7.77. The SMILES string of the molecule is COc1cc(C=O)cc(I)c1OC1C=C(C(=O)NCCO)CC(N(CC2CCCO2)C(=O)CCC2CCCC2)C1O. The van der Waals surface area contributed by atoms with Gasteiger partial charge in [0.1, 0.15) is 18.5 Å². The molecule has 1 aromatic rings. The van der Waals surface area contributed by atoms with E-state index < -0.39 is 24.2 Å². The molecule has 1 saturated heterocycles. The Labute approximate surface area is 254 Å². The Morgan fingerprint density at radius 2 is 2.00 bits per heavy atom. The van der Waals surface area contributed by atoms with Gasteiger partial charge in [-0.15, -0.1) is 0 Å². The summed E-state index contributed by atoms with van der Waals surface area (Å²) in [7, 11) is 1.46. The lowest BCUT2D eigenvalue weighted by Crippen LogP contribution is -2.56. The largest absolute Gasteiger partial charge is 0.493 e. The third kappa shape index (κ3) is 8.20. The normalized spacial score (nSPS) is 24.5. The van der Waals surface area contributed by atoms with Gasteiger partial charge in [0, 0.05) is 43.7 Å². The van der Waals surface area contributed by atoms with Crippen LogP contribution in [0.5, 0.6) is 11.5 Å². The molecule has 2 aliphatic carbocycles. The zero-order valence-corrected chi connectivity index (χ0v) is 25.7. The van der Waals surface area contributed by atoms with Crippen molar-refractivity contribution >= 4 is 40.7 Å². The number of aliphatic hydroxyl groups is 2. The summed E-state index contributed by atoms with van der Waals surface area (Å²) in [6, 6.07) is 2.47. The van der Waals surface area contributed by atoms with E-state index in [1.165, 1.54) is 20.0 Å². The highest BCUT2D eigenvalue weighted by molar-refractivity contribution is 14.1. The van der Waals surface area contributed by atoms with E-state index in [1.807, 2.05) is 22.6 Å². The van der Waals surface area contributed by atoms with Crippen molar-refractivity contribution in [1.82, 2.24) is 10.2 Å². The van der Waals surface area contributed by atoms with Crippen LogP contribution < -0.4 is 14.8 Å². The quantitative estimate of drug-likeness (QED) is 0.214. The van der Waals surface area contributed by atoms with Crippen molar-refractivity contribution in [2.75, 3.05) is 33.4 Å². The fraction of sp³-hybridized carbons (Fsp3) is 0.633. The topological polar surface area (TPSA) is 135 Å². The van der Waals surface area contributed by atoms with Crippen molar-refractivity contribution in [3.05, 3.63) is 32.9 Å². The van der Waals surface area contributed by atoms with Crippen LogP contribution in [0.1, 0.15) is 68.1 Å². The molecule has 1 aromatic carbocycles. The summed E-state index contributed by atoms with van der Waals surface area (Å²) in [5, 5.41) is 23.7. The number of carbonyl (C=O) groups is 3. The molecule has 4 atom stereocenters. The number of hydrogen-bond donors (Lipinski definition) is 3. The summed E-state index contributed by atoms with van der Waals surface area (Å²) >= 11 is 2.04. The maximum atomic E-state index is 13.8. The summed E-state index contributed by atoms with van der Waals surface area (Å²) in [5.74, 6) is 0.733. The van der Waals surface area contributed by atoms with Gasteiger partial charge in [-0.2, -0.15) is 0 Å². The van der Waals surface area contributed by atoms with Crippen LogP contribution in [-0.2, 0) is 14.3 Å². The highest BCUT2D eigenvalue weighted by Crippen LogP contribution is 2.37. The molecule has 41 heavy (non-hydrogen) atoms. The predicted octanol–water partition coefficient (Wildman–Crippen LogP) is 3.01. The van der Waals surface area contributed by atoms with Crippen LogP contribution in [0.2, 0.25) is 0 Å². The number of carbonyl (C=O) groups excluding carboxylic acids is 3. The Kier molecular flexibility index (Phi) is 11.8. The fourth-order valence-electron chi connectivity index (χ4n) is 6.04. The molecule has 0 bridgehead atoms. The van der Waals surface area contributed by atoms with Gasteiger partial charge in [0.15, 0.2) is 11.5 Å². The number of benzene rings is 1. The van der Waals surface area contributed by atoms with Gasteiger partial charge < -0.3 is 34.6 Å². The molecule has 3 N–H and O–H groups in total. The number of nitrogens with one attached hydrogen (secondary N) is 1. The van der Waals surface area contributed by atoms with Crippen molar-refractivity contribution in [3.8, 4) is 11.5 Å². The molecule has 226 valence electrons. The Morgan fingerprint density at radius 3 is 2.66 bits per heavy atom. The van der Waals surface area contributed by atoms with E-state index in [1.54, 1.807) is 23.1 Å². The maximum absolute atomic E-state index is 13.8. The minimum absolute atomic E-state index is 0.0605.